The highest BCUT2D eigenvalue weighted by Gasteiger charge is 2.35. The Morgan fingerprint density at radius 2 is 2.28 bits per heavy atom. The maximum absolute atomic E-state index is 12.4. The second-order valence-corrected chi connectivity index (χ2v) is 8.74. The van der Waals surface area contributed by atoms with E-state index in [0.717, 1.165) is 12.8 Å². The van der Waals surface area contributed by atoms with Crippen LogP contribution in [0.5, 0.6) is 0 Å². The molecule has 1 saturated heterocycles. The first-order valence-corrected chi connectivity index (χ1v) is 9.74. The molecule has 2 aromatic rings. The summed E-state index contributed by atoms with van der Waals surface area (Å²) in [4.78, 5) is 23.4. The molecular weight excluding hydrogens is 344 g/mol. The van der Waals surface area contributed by atoms with Gasteiger partial charge in [0.2, 0.25) is 10.0 Å². The van der Waals surface area contributed by atoms with Crippen molar-refractivity contribution in [2.24, 2.45) is 0 Å². The number of nitrogens with one attached hydrogen (secondary N) is 3. The van der Waals surface area contributed by atoms with Crippen molar-refractivity contribution in [3.8, 4) is 0 Å². The third kappa shape index (κ3) is 3.74. The van der Waals surface area contributed by atoms with Crippen molar-refractivity contribution in [2.75, 3.05) is 18.4 Å². The Bertz CT molecular complexity index is 863. The van der Waals surface area contributed by atoms with Crippen LogP contribution in [0.25, 0.3) is 11.2 Å². The van der Waals surface area contributed by atoms with Gasteiger partial charge in [0.05, 0.1) is 11.4 Å². The molecule has 3 heterocycles. The topological polar surface area (TPSA) is 120 Å². The van der Waals surface area contributed by atoms with Crippen molar-refractivity contribution in [1.82, 2.24) is 24.6 Å². The highest BCUT2D eigenvalue weighted by molar-refractivity contribution is 7.89. The standard InChI is InChI=1S/C15H22N6O3S/c1-10(2)25(23,24)21-7-3-4-11(21)8-18-15(22)20-13-9-17-14-12(19-13)5-6-16-14/h5-6,9-11H,3-4,7-8H2,1-2H3,(H,16,17)(H2,18,19,20,22). The summed E-state index contributed by atoms with van der Waals surface area (Å²) in [5, 5.41) is 4.88. The normalized spacial score (nSPS) is 18.8. The molecule has 1 fully saturated rings. The van der Waals surface area contributed by atoms with Crippen LogP contribution in [0.4, 0.5) is 10.6 Å². The Hall–Kier alpha value is -2.20. The number of aromatic nitrogens is 3. The van der Waals surface area contributed by atoms with E-state index < -0.39 is 21.3 Å². The summed E-state index contributed by atoms with van der Waals surface area (Å²) in [6.07, 6.45) is 4.72. The number of hydrogen-bond donors (Lipinski definition) is 3. The zero-order valence-corrected chi connectivity index (χ0v) is 15.0. The van der Waals surface area contributed by atoms with Crippen LogP contribution in [0, 0.1) is 0 Å². The average molecular weight is 366 g/mol. The molecular formula is C15H22N6O3S. The maximum Gasteiger partial charge on any atom is 0.320 e. The monoisotopic (exact) mass is 366 g/mol. The fourth-order valence-electron chi connectivity index (χ4n) is 2.88. The third-order valence-corrected chi connectivity index (χ3v) is 6.57. The first-order valence-electron chi connectivity index (χ1n) is 8.23. The molecule has 10 heteroatoms. The second-order valence-electron chi connectivity index (χ2n) is 6.30. The number of carbonyl (C=O) groups excluding carboxylic acids is 1. The van der Waals surface area contributed by atoms with Crippen LogP contribution in [-0.2, 0) is 10.0 Å². The lowest BCUT2D eigenvalue weighted by Crippen LogP contribution is -2.46. The van der Waals surface area contributed by atoms with Crippen LogP contribution in [0.3, 0.4) is 0 Å². The fourth-order valence-corrected chi connectivity index (χ4v) is 4.40. The Morgan fingerprint density at radius 1 is 1.48 bits per heavy atom. The van der Waals surface area contributed by atoms with Gasteiger partial charge in [0.1, 0.15) is 5.52 Å². The average Bonchev–Trinajstić information content (AvgIpc) is 3.21. The van der Waals surface area contributed by atoms with Crippen LogP contribution in [0.15, 0.2) is 18.5 Å². The molecule has 0 aliphatic carbocycles. The van der Waals surface area contributed by atoms with Crippen molar-refractivity contribution < 1.29 is 13.2 Å². The van der Waals surface area contributed by atoms with Gasteiger partial charge in [-0.15, -0.1) is 0 Å². The number of carbonyl (C=O) groups is 1. The van der Waals surface area contributed by atoms with E-state index >= 15 is 0 Å². The zero-order valence-electron chi connectivity index (χ0n) is 14.2. The van der Waals surface area contributed by atoms with E-state index in [4.69, 9.17) is 0 Å². The number of rotatable bonds is 5. The molecule has 9 nitrogen and oxygen atoms in total. The molecule has 2 amide bonds. The third-order valence-electron chi connectivity index (χ3n) is 4.25. The number of anilines is 1. The van der Waals surface area contributed by atoms with Gasteiger partial charge in [0.25, 0.3) is 0 Å². The van der Waals surface area contributed by atoms with E-state index in [2.05, 4.69) is 25.6 Å². The largest absolute Gasteiger partial charge is 0.345 e. The zero-order chi connectivity index (χ0) is 18.0. The number of amides is 2. The van der Waals surface area contributed by atoms with Gasteiger partial charge in [0.15, 0.2) is 11.5 Å². The molecule has 3 N–H and O–H groups in total. The van der Waals surface area contributed by atoms with Crippen molar-refractivity contribution in [3.05, 3.63) is 18.5 Å². The molecule has 1 atom stereocenters. The number of aromatic amines is 1. The molecule has 25 heavy (non-hydrogen) atoms. The van der Waals surface area contributed by atoms with Crippen molar-refractivity contribution >= 4 is 33.0 Å². The first-order chi connectivity index (χ1) is 11.9. The van der Waals surface area contributed by atoms with Gasteiger partial charge >= 0.3 is 6.03 Å². The van der Waals surface area contributed by atoms with Crippen LogP contribution in [0.1, 0.15) is 26.7 Å². The van der Waals surface area contributed by atoms with Crippen molar-refractivity contribution in [2.45, 2.75) is 38.0 Å². The predicted octanol–water partition coefficient (Wildman–Crippen LogP) is 1.28. The summed E-state index contributed by atoms with van der Waals surface area (Å²) in [7, 11) is -3.31. The van der Waals surface area contributed by atoms with Crippen LogP contribution in [-0.4, -0.2) is 58.1 Å². The summed E-state index contributed by atoms with van der Waals surface area (Å²) in [5.74, 6) is 0.336. The summed E-state index contributed by atoms with van der Waals surface area (Å²) in [5.41, 5.74) is 1.30. The van der Waals surface area contributed by atoms with E-state index in [9.17, 15) is 13.2 Å². The second kappa shape index (κ2) is 6.96. The fraction of sp³-hybridized carbons (Fsp3) is 0.533. The number of hydrogen-bond acceptors (Lipinski definition) is 5. The van der Waals surface area contributed by atoms with Crippen LogP contribution < -0.4 is 10.6 Å². The molecule has 0 saturated carbocycles. The van der Waals surface area contributed by atoms with E-state index in [1.54, 1.807) is 26.1 Å². The van der Waals surface area contributed by atoms with Gasteiger partial charge in [-0.05, 0) is 32.8 Å². The highest BCUT2D eigenvalue weighted by atomic mass is 32.2. The van der Waals surface area contributed by atoms with Gasteiger partial charge in [-0.25, -0.2) is 23.2 Å². The lowest BCUT2D eigenvalue weighted by atomic mass is 10.2. The highest BCUT2D eigenvalue weighted by Crippen LogP contribution is 2.23. The van der Waals surface area contributed by atoms with Gasteiger partial charge in [-0.3, -0.25) is 5.32 Å². The number of sulfonamides is 1. The minimum atomic E-state index is -3.31. The van der Waals surface area contributed by atoms with E-state index in [1.807, 2.05) is 0 Å². The SMILES string of the molecule is CC(C)S(=O)(=O)N1CCCC1CNC(=O)Nc1cnc2[nH]ccc2n1. The molecule has 1 unspecified atom stereocenters. The number of fused-ring (bicyclic) bond motifs is 1. The van der Waals surface area contributed by atoms with Gasteiger partial charge in [-0.2, -0.15) is 4.31 Å². The smallest absolute Gasteiger partial charge is 0.320 e. The Balaban J connectivity index is 1.58. The minimum Gasteiger partial charge on any atom is -0.345 e. The Morgan fingerprint density at radius 3 is 3.04 bits per heavy atom. The lowest BCUT2D eigenvalue weighted by Gasteiger charge is -2.26. The Kier molecular flexibility index (Phi) is 4.91. The predicted molar refractivity (Wildman–Crippen MR) is 94.7 cm³/mol. The molecule has 1 aliphatic rings. The summed E-state index contributed by atoms with van der Waals surface area (Å²) >= 11 is 0. The molecule has 2 aromatic heterocycles. The summed E-state index contributed by atoms with van der Waals surface area (Å²) in [6, 6.07) is 1.12. The molecule has 136 valence electrons. The lowest BCUT2D eigenvalue weighted by molar-refractivity contribution is 0.249. The molecule has 0 aromatic carbocycles. The van der Waals surface area contributed by atoms with E-state index in [-0.39, 0.29) is 12.6 Å². The Labute approximate surface area is 146 Å². The number of H-pyrrole nitrogens is 1. The first kappa shape index (κ1) is 17.6. The van der Waals surface area contributed by atoms with Gasteiger partial charge in [-0.1, -0.05) is 0 Å². The molecule has 0 bridgehead atoms. The summed E-state index contributed by atoms with van der Waals surface area (Å²) < 4.78 is 26.2. The quantitative estimate of drug-likeness (QED) is 0.736. The minimum absolute atomic E-state index is 0.212. The van der Waals surface area contributed by atoms with Gasteiger partial charge < -0.3 is 10.3 Å². The van der Waals surface area contributed by atoms with E-state index in [1.165, 1.54) is 10.5 Å². The maximum atomic E-state index is 12.4. The van der Waals surface area contributed by atoms with Crippen molar-refractivity contribution in [1.29, 1.82) is 0 Å². The molecule has 0 spiro atoms. The molecule has 0 radical (unpaired) electrons. The number of nitrogens with zero attached hydrogens (tertiary/aromatic N) is 3. The van der Waals surface area contributed by atoms with Crippen molar-refractivity contribution in [3.63, 3.8) is 0 Å². The van der Waals surface area contributed by atoms with Crippen LogP contribution >= 0.6 is 0 Å². The molecule has 3 rings (SSSR count). The number of urea groups is 1. The summed E-state index contributed by atoms with van der Waals surface area (Å²) in [6.45, 7) is 4.10. The van der Waals surface area contributed by atoms with Gasteiger partial charge in [0, 0.05) is 25.3 Å². The van der Waals surface area contributed by atoms with Crippen LogP contribution in [0.2, 0.25) is 0 Å². The molecule has 1 aliphatic heterocycles. The van der Waals surface area contributed by atoms with E-state index in [0.29, 0.717) is 23.5 Å².